The van der Waals surface area contributed by atoms with Crippen LogP contribution in [0.15, 0.2) is 24.3 Å². The predicted octanol–water partition coefficient (Wildman–Crippen LogP) is 1.64. The molecular formula is C18H22N4O2. The minimum atomic E-state index is 0.226. The Bertz CT molecular complexity index is 710. The summed E-state index contributed by atoms with van der Waals surface area (Å²) in [7, 11) is 0. The van der Waals surface area contributed by atoms with Gasteiger partial charge in [-0.2, -0.15) is 0 Å². The maximum Gasteiger partial charge on any atom is 0.151 e. The second-order valence-electron chi connectivity index (χ2n) is 6.63. The minimum Gasteiger partial charge on any atom is -0.507 e. The molecule has 24 heavy (non-hydrogen) atoms. The van der Waals surface area contributed by atoms with Crippen molar-refractivity contribution in [3.05, 3.63) is 35.4 Å². The summed E-state index contributed by atoms with van der Waals surface area (Å²) in [6.45, 7) is 7.34. The van der Waals surface area contributed by atoms with Gasteiger partial charge in [-0.1, -0.05) is 6.07 Å². The molecule has 2 aliphatic heterocycles. The number of hydrogen-bond acceptors (Lipinski definition) is 6. The number of rotatable bonds is 2. The summed E-state index contributed by atoms with van der Waals surface area (Å²) in [6.07, 6.45) is 0.226. The molecule has 6 nitrogen and oxygen atoms in total. The largest absolute Gasteiger partial charge is 0.507 e. The number of phenols is 1. The fraction of sp³-hybridized carbons (Fsp3) is 0.444. The van der Waals surface area contributed by atoms with Gasteiger partial charge in [0.05, 0.1) is 24.4 Å². The molecule has 6 heteroatoms. The first-order chi connectivity index (χ1) is 11.6. The highest BCUT2D eigenvalue weighted by Crippen LogP contribution is 2.32. The minimum absolute atomic E-state index is 0.226. The SMILES string of the molecule is Cc1cc(C)c(-c2ccc(N3C[C@H]4NCCO[C@@H]4C3)nn2)c(O)c1. The Morgan fingerprint density at radius 1 is 1.21 bits per heavy atom. The van der Waals surface area contributed by atoms with E-state index in [0.29, 0.717) is 11.7 Å². The molecule has 3 heterocycles. The van der Waals surface area contributed by atoms with Gasteiger partial charge in [-0.15, -0.1) is 10.2 Å². The van der Waals surface area contributed by atoms with E-state index in [0.717, 1.165) is 48.7 Å². The summed E-state index contributed by atoms with van der Waals surface area (Å²) in [5.74, 6) is 1.10. The van der Waals surface area contributed by atoms with Crippen LogP contribution in [0.25, 0.3) is 11.3 Å². The Balaban J connectivity index is 1.58. The number of hydrogen-bond donors (Lipinski definition) is 2. The molecule has 0 spiro atoms. The van der Waals surface area contributed by atoms with Crippen molar-refractivity contribution in [3.63, 3.8) is 0 Å². The molecule has 2 fully saturated rings. The molecule has 0 aliphatic carbocycles. The van der Waals surface area contributed by atoms with Gasteiger partial charge in [0.2, 0.25) is 0 Å². The van der Waals surface area contributed by atoms with Gasteiger partial charge in [0.1, 0.15) is 5.75 Å². The first-order valence-corrected chi connectivity index (χ1v) is 8.36. The average Bonchev–Trinajstić information content (AvgIpc) is 2.98. The Kier molecular flexibility index (Phi) is 3.86. The molecule has 1 aromatic heterocycles. The molecule has 1 aromatic carbocycles. The third-order valence-electron chi connectivity index (χ3n) is 4.80. The Hall–Kier alpha value is -2.18. The van der Waals surface area contributed by atoms with E-state index < -0.39 is 0 Å². The molecule has 0 saturated carbocycles. The number of aryl methyl sites for hydroxylation is 2. The van der Waals surface area contributed by atoms with Crippen LogP contribution in [0.1, 0.15) is 11.1 Å². The first kappa shape index (κ1) is 15.4. The summed E-state index contributed by atoms with van der Waals surface area (Å²) < 4.78 is 5.80. The summed E-state index contributed by atoms with van der Waals surface area (Å²) in [4.78, 5) is 2.20. The summed E-state index contributed by atoms with van der Waals surface area (Å²) >= 11 is 0. The molecule has 0 amide bonds. The van der Waals surface area contributed by atoms with Gasteiger partial charge in [-0.05, 0) is 43.2 Å². The molecule has 0 bridgehead atoms. The monoisotopic (exact) mass is 326 g/mol. The second-order valence-corrected chi connectivity index (χ2v) is 6.63. The van der Waals surface area contributed by atoms with E-state index in [1.54, 1.807) is 6.07 Å². The first-order valence-electron chi connectivity index (χ1n) is 8.36. The number of nitrogens with one attached hydrogen (secondary N) is 1. The van der Waals surface area contributed by atoms with E-state index in [4.69, 9.17) is 4.74 Å². The average molecular weight is 326 g/mol. The summed E-state index contributed by atoms with van der Waals surface area (Å²) in [6, 6.07) is 8.06. The highest BCUT2D eigenvalue weighted by atomic mass is 16.5. The zero-order valence-corrected chi connectivity index (χ0v) is 14.0. The standard InChI is InChI=1S/C18H22N4O2/c1-11-7-12(2)18(15(23)8-11)13-3-4-17(21-20-13)22-9-14-16(10-22)24-6-5-19-14/h3-4,7-8,14,16,19,23H,5-6,9-10H2,1-2H3/t14-,16-/m1/s1. The van der Waals surface area contributed by atoms with Crippen LogP contribution >= 0.6 is 0 Å². The number of ether oxygens (including phenoxy) is 1. The number of nitrogens with zero attached hydrogens (tertiary/aromatic N) is 3. The van der Waals surface area contributed by atoms with Crippen LogP contribution in [0.3, 0.4) is 0 Å². The number of fused-ring (bicyclic) bond motifs is 1. The van der Waals surface area contributed by atoms with Crippen LogP contribution < -0.4 is 10.2 Å². The van der Waals surface area contributed by atoms with Gasteiger partial charge in [0.15, 0.2) is 5.82 Å². The van der Waals surface area contributed by atoms with E-state index in [9.17, 15) is 5.11 Å². The lowest BCUT2D eigenvalue weighted by molar-refractivity contribution is 0.0212. The zero-order valence-electron chi connectivity index (χ0n) is 14.0. The molecule has 2 aliphatic rings. The zero-order chi connectivity index (χ0) is 16.7. The van der Waals surface area contributed by atoms with Crippen molar-refractivity contribution in [2.75, 3.05) is 31.1 Å². The fourth-order valence-electron chi connectivity index (χ4n) is 3.69. The molecule has 126 valence electrons. The molecule has 0 radical (unpaired) electrons. The van der Waals surface area contributed by atoms with Crippen LogP contribution in [0.2, 0.25) is 0 Å². The van der Waals surface area contributed by atoms with Gasteiger partial charge in [-0.3, -0.25) is 0 Å². The van der Waals surface area contributed by atoms with Crippen molar-refractivity contribution >= 4 is 5.82 Å². The van der Waals surface area contributed by atoms with E-state index in [1.807, 2.05) is 32.0 Å². The second kappa shape index (κ2) is 6.03. The van der Waals surface area contributed by atoms with E-state index in [1.165, 1.54) is 0 Å². The lowest BCUT2D eigenvalue weighted by atomic mass is 10.0. The van der Waals surface area contributed by atoms with E-state index in [2.05, 4.69) is 20.4 Å². The van der Waals surface area contributed by atoms with Crippen molar-refractivity contribution in [3.8, 4) is 17.0 Å². The number of phenolic OH excluding ortho intramolecular Hbond substituents is 1. The smallest absolute Gasteiger partial charge is 0.151 e. The number of benzene rings is 1. The van der Waals surface area contributed by atoms with Gasteiger partial charge in [0, 0.05) is 25.2 Å². The number of anilines is 1. The van der Waals surface area contributed by atoms with E-state index >= 15 is 0 Å². The van der Waals surface area contributed by atoms with Crippen molar-refractivity contribution in [2.24, 2.45) is 0 Å². The van der Waals surface area contributed by atoms with Crippen LogP contribution in [0.4, 0.5) is 5.82 Å². The molecule has 4 rings (SSSR count). The topological polar surface area (TPSA) is 70.5 Å². The number of aromatic nitrogens is 2. The molecule has 2 saturated heterocycles. The highest BCUT2D eigenvalue weighted by Gasteiger charge is 2.36. The number of morpholine rings is 1. The van der Waals surface area contributed by atoms with Gasteiger partial charge in [-0.25, -0.2) is 0 Å². The Labute approximate surface area is 141 Å². The lowest BCUT2D eigenvalue weighted by Gasteiger charge is -2.25. The van der Waals surface area contributed by atoms with Crippen LogP contribution in [-0.4, -0.2) is 53.7 Å². The Morgan fingerprint density at radius 2 is 2.08 bits per heavy atom. The van der Waals surface area contributed by atoms with Gasteiger partial charge in [0.25, 0.3) is 0 Å². The third kappa shape index (κ3) is 2.72. The van der Waals surface area contributed by atoms with Crippen molar-refractivity contribution in [1.29, 1.82) is 0 Å². The van der Waals surface area contributed by atoms with Crippen LogP contribution in [0, 0.1) is 13.8 Å². The maximum atomic E-state index is 10.2. The van der Waals surface area contributed by atoms with Crippen molar-refractivity contribution in [2.45, 2.75) is 26.0 Å². The highest BCUT2D eigenvalue weighted by molar-refractivity contribution is 5.71. The maximum absolute atomic E-state index is 10.2. The lowest BCUT2D eigenvalue weighted by Crippen LogP contribution is -2.47. The normalized spacial score (nSPS) is 23.3. The van der Waals surface area contributed by atoms with Gasteiger partial charge >= 0.3 is 0 Å². The summed E-state index contributed by atoms with van der Waals surface area (Å²) in [5.41, 5.74) is 3.48. The molecular weight excluding hydrogens is 304 g/mol. The summed E-state index contributed by atoms with van der Waals surface area (Å²) in [5, 5.41) is 22.5. The Morgan fingerprint density at radius 3 is 2.79 bits per heavy atom. The molecule has 2 N–H and O–H groups in total. The molecule has 2 atom stereocenters. The quantitative estimate of drug-likeness (QED) is 0.874. The number of aromatic hydroxyl groups is 1. The molecule has 2 aromatic rings. The van der Waals surface area contributed by atoms with Crippen molar-refractivity contribution in [1.82, 2.24) is 15.5 Å². The fourth-order valence-corrected chi connectivity index (χ4v) is 3.69. The van der Waals surface area contributed by atoms with E-state index in [-0.39, 0.29) is 11.9 Å². The predicted molar refractivity (Wildman–Crippen MR) is 92.4 cm³/mol. The van der Waals surface area contributed by atoms with Gasteiger partial charge < -0.3 is 20.1 Å². The third-order valence-corrected chi connectivity index (χ3v) is 4.80. The molecule has 0 unspecified atom stereocenters. The van der Waals surface area contributed by atoms with Crippen LogP contribution in [-0.2, 0) is 4.74 Å². The van der Waals surface area contributed by atoms with Crippen LogP contribution in [0.5, 0.6) is 5.75 Å². The van der Waals surface area contributed by atoms with Crippen molar-refractivity contribution < 1.29 is 9.84 Å².